The number of hydrogen-bond donors (Lipinski definition) is 1. The lowest BCUT2D eigenvalue weighted by Crippen LogP contribution is -2.19. The highest BCUT2D eigenvalue weighted by Crippen LogP contribution is 2.41. The van der Waals surface area contributed by atoms with Crippen LogP contribution in [0.4, 0.5) is 5.82 Å². The second-order valence-corrected chi connectivity index (χ2v) is 6.68. The van der Waals surface area contributed by atoms with Crippen molar-refractivity contribution >= 4 is 29.3 Å². The Morgan fingerprint density at radius 2 is 2.18 bits per heavy atom. The fourth-order valence-corrected chi connectivity index (χ4v) is 4.49. The van der Waals surface area contributed by atoms with Crippen LogP contribution in [-0.4, -0.2) is 33.8 Å². The first-order chi connectivity index (χ1) is 8.20. The second kappa shape index (κ2) is 5.93. The molecule has 0 aromatic carbocycles. The first-order valence-electron chi connectivity index (χ1n) is 5.56. The highest BCUT2D eigenvalue weighted by atomic mass is 32.2. The van der Waals surface area contributed by atoms with Gasteiger partial charge < -0.3 is 10.5 Å². The Balaban J connectivity index is 2.24. The molecule has 1 aliphatic rings. The van der Waals surface area contributed by atoms with Gasteiger partial charge in [0.2, 0.25) is 0 Å². The number of methoxy groups -OCH3 is 1. The van der Waals surface area contributed by atoms with Crippen LogP contribution >= 0.6 is 23.5 Å². The minimum absolute atomic E-state index is 0.341. The van der Waals surface area contributed by atoms with Crippen molar-refractivity contribution in [2.45, 2.75) is 24.0 Å². The fourth-order valence-electron chi connectivity index (χ4n) is 1.81. The molecule has 2 unspecified atom stereocenters. The Bertz CT molecular complexity index is 389. The summed E-state index contributed by atoms with van der Waals surface area (Å²) < 4.78 is 5.09. The molecule has 17 heavy (non-hydrogen) atoms. The van der Waals surface area contributed by atoms with Crippen LogP contribution in [0.2, 0.25) is 0 Å². The number of thioether (sulfide) groups is 2. The number of ether oxygens (including phenoxy) is 1. The largest absolute Gasteiger partial charge is 0.384 e. The molecule has 2 rings (SSSR count). The number of rotatable bonds is 3. The van der Waals surface area contributed by atoms with E-state index < -0.39 is 0 Å². The predicted molar refractivity (Wildman–Crippen MR) is 74.3 cm³/mol. The van der Waals surface area contributed by atoms with E-state index in [9.17, 15) is 0 Å². The van der Waals surface area contributed by atoms with Crippen molar-refractivity contribution in [2.24, 2.45) is 0 Å². The lowest BCUT2D eigenvalue weighted by molar-refractivity contribution is 0.181. The van der Waals surface area contributed by atoms with Crippen LogP contribution in [0.25, 0.3) is 0 Å². The minimum Gasteiger partial charge on any atom is -0.384 e. The van der Waals surface area contributed by atoms with E-state index in [1.807, 2.05) is 23.5 Å². The monoisotopic (exact) mass is 271 g/mol. The molecule has 1 aromatic rings. The SMILES string of the molecule is COCc1cc(N)nc(C2SCCSC2C)n1. The second-order valence-electron chi connectivity index (χ2n) is 3.94. The van der Waals surface area contributed by atoms with Gasteiger partial charge in [0, 0.05) is 29.9 Å². The van der Waals surface area contributed by atoms with Crippen LogP contribution in [0.15, 0.2) is 6.07 Å². The standard InChI is InChI=1S/C11H17N3OS2/c1-7-10(17-4-3-16-7)11-13-8(6-15-2)5-9(12)14-11/h5,7,10H,3-4,6H2,1-2H3,(H2,12,13,14). The Morgan fingerprint density at radius 3 is 2.88 bits per heavy atom. The van der Waals surface area contributed by atoms with Crippen molar-refractivity contribution < 1.29 is 4.74 Å². The molecular weight excluding hydrogens is 254 g/mol. The van der Waals surface area contributed by atoms with Crippen molar-refractivity contribution in [3.8, 4) is 0 Å². The summed E-state index contributed by atoms with van der Waals surface area (Å²) in [4.78, 5) is 8.91. The number of anilines is 1. The van der Waals surface area contributed by atoms with Crippen LogP contribution in [0.1, 0.15) is 23.7 Å². The van der Waals surface area contributed by atoms with Crippen LogP contribution in [0.5, 0.6) is 0 Å². The first kappa shape index (κ1) is 13.0. The zero-order valence-electron chi connectivity index (χ0n) is 10.0. The van der Waals surface area contributed by atoms with Gasteiger partial charge in [-0.25, -0.2) is 9.97 Å². The van der Waals surface area contributed by atoms with E-state index >= 15 is 0 Å². The molecule has 1 saturated heterocycles. The molecule has 6 heteroatoms. The van der Waals surface area contributed by atoms with Crippen LogP contribution in [0, 0.1) is 0 Å². The van der Waals surface area contributed by atoms with Gasteiger partial charge in [-0.2, -0.15) is 11.8 Å². The maximum absolute atomic E-state index is 5.82. The van der Waals surface area contributed by atoms with Crippen molar-refractivity contribution in [2.75, 3.05) is 24.3 Å². The third-order valence-electron chi connectivity index (χ3n) is 2.55. The van der Waals surface area contributed by atoms with Crippen LogP contribution in [0.3, 0.4) is 0 Å². The van der Waals surface area contributed by atoms with E-state index in [4.69, 9.17) is 10.5 Å². The third-order valence-corrected chi connectivity index (χ3v) is 5.64. The normalized spacial score (nSPS) is 24.8. The quantitative estimate of drug-likeness (QED) is 0.908. The zero-order chi connectivity index (χ0) is 12.3. The average molecular weight is 271 g/mol. The molecule has 0 amide bonds. The van der Waals surface area contributed by atoms with E-state index in [0.29, 0.717) is 22.9 Å². The van der Waals surface area contributed by atoms with Gasteiger partial charge in [0.25, 0.3) is 0 Å². The van der Waals surface area contributed by atoms with Gasteiger partial charge >= 0.3 is 0 Å². The Morgan fingerprint density at radius 1 is 1.41 bits per heavy atom. The summed E-state index contributed by atoms with van der Waals surface area (Å²) in [7, 11) is 1.66. The number of hydrogen-bond acceptors (Lipinski definition) is 6. The van der Waals surface area contributed by atoms with Gasteiger partial charge in [0.1, 0.15) is 11.6 Å². The van der Waals surface area contributed by atoms with Crippen molar-refractivity contribution in [1.29, 1.82) is 0 Å². The molecule has 1 fully saturated rings. The van der Waals surface area contributed by atoms with E-state index in [0.717, 1.165) is 17.3 Å². The average Bonchev–Trinajstić information content (AvgIpc) is 2.29. The summed E-state index contributed by atoms with van der Waals surface area (Å²) in [6, 6.07) is 1.78. The topological polar surface area (TPSA) is 61.0 Å². The van der Waals surface area contributed by atoms with E-state index in [1.165, 1.54) is 5.75 Å². The lowest BCUT2D eigenvalue weighted by atomic mass is 10.3. The summed E-state index contributed by atoms with van der Waals surface area (Å²) in [6.07, 6.45) is 0. The molecule has 4 nitrogen and oxygen atoms in total. The van der Waals surface area contributed by atoms with Gasteiger partial charge in [-0.05, 0) is 0 Å². The molecule has 0 bridgehead atoms. The molecule has 94 valence electrons. The van der Waals surface area contributed by atoms with Crippen molar-refractivity contribution in [3.63, 3.8) is 0 Å². The van der Waals surface area contributed by atoms with E-state index in [1.54, 1.807) is 13.2 Å². The maximum atomic E-state index is 5.82. The number of aromatic nitrogens is 2. The molecule has 0 radical (unpaired) electrons. The Labute approximate surface area is 110 Å². The van der Waals surface area contributed by atoms with Crippen LogP contribution < -0.4 is 5.73 Å². The highest BCUT2D eigenvalue weighted by Gasteiger charge is 2.27. The van der Waals surface area contributed by atoms with Crippen LogP contribution in [-0.2, 0) is 11.3 Å². The minimum atomic E-state index is 0.341. The first-order valence-corrected chi connectivity index (χ1v) is 7.66. The maximum Gasteiger partial charge on any atom is 0.145 e. The highest BCUT2D eigenvalue weighted by molar-refractivity contribution is 8.06. The molecule has 0 aliphatic carbocycles. The molecular formula is C11H17N3OS2. The molecule has 2 atom stereocenters. The molecule has 0 saturated carbocycles. The summed E-state index contributed by atoms with van der Waals surface area (Å²) in [5.74, 6) is 3.74. The Kier molecular flexibility index (Phi) is 4.53. The molecule has 2 N–H and O–H groups in total. The lowest BCUT2D eigenvalue weighted by Gasteiger charge is -2.26. The smallest absolute Gasteiger partial charge is 0.145 e. The van der Waals surface area contributed by atoms with E-state index in [-0.39, 0.29) is 0 Å². The fraction of sp³-hybridized carbons (Fsp3) is 0.636. The summed E-state index contributed by atoms with van der Waals surface area (Å²) >= 11 is 3.89. The van der Waals surface area contributed by atoms with Crippen molar-refractivity contribution in [3.05, 3.63) is 17.6 Å². The third kappa shape index (κ3) is 3.26. The number of nitrogens with two attached hydrogens (primary N) is 1. The predicted octanol–water partition coefficient (Wildman–Crippen LogP) is 2.11. The summed E-state index contributed by atoms with van der Waals surface area (Å²) in [5.41, 5.74) is 6.68. The van der Waals surface area contributed by atoms with Gasteiger partial charge in [0.15, 0.2) is 0 Å². The van der Waals surface area contributed by atoms with Gasteiger partial charge in [-0.3, -0.25) is 0 Å². The molecule has 0 spiro atoms. The van der Waals surface area contributed by atoms with Crippen molar-refractivity contribution in [1.82, 2.24) is 9.97 Å². The van der Waals surface area contributed by atoms with E-state index in [2.05, 4.69) is 16.9 Å². The zero-order valence-corrected chi connectivity index (χ0v) is 11.7. The molecule has 2 heterocycles. The number of nitrogen functional groups attached to an aromatic ring is 1. The molecule has 1 aromatic heterocycles. The van der Waals surface area contributed by atoms with Gasteiger partial charge in [0.05, 0.1) is 17.6 Å². The summed E-state index contributed by atoms with van der Waals surface area (Å²) in [6.45, 7) is 2.71. The molecule has 1 aliphatic heterocycles. The van der Waals surface area contributed by atoms with Gasteiger partial charge in [-0.15, -0.1) is 11.8 Å². The van der Waals surface area contributed by atoms with Gasteiger partial charge in [-0.1, -0.05) is 6.92 Å². The summed E-state index contributed by atoms with van der Waals surface area (Å²) in [5, 5.41) is 0.874. The number of nitrogens with zero attached hydrogens (tertiary/aromatic N) is 2. The Hall–Kier alpha value is -0.460.